The lowest BCUT2D eigenvalue weighted by atomic mass is 10.3. The number of nitrogens with zero attached hydrogens (tertiary/aromatic N) is 6. The van der Waals surface area contributed by atoms with Crippen molar-refractivity contribution in [2.45, 2.75) is 20.4 Å². The zero-order valence-corrected chi connectivity index (χ0v) is 17.8. The highest BCUT2D eigenvalue weighted by atomic mass is 32.1. The molecule has 0 saturated carbocycles. The molecule has 0 aliphatic heterocycles. The molecule has 0 radical (unpaired) electrons. The van der Waals surface area contributed by atoms with E-state index in [1.165, 1.54) is 0 Å². The summed E-state index contributed by atoms with van der Waals surface area (Å²) in [5.74, 6) is 0.905. The van der Waals surface area contributed by atoms with Crippen molar-refractivity contribution in [1.29, 1.82) is 0 Å². The van der Waals surface area contributed by atoms with Gasteiger partial charge in [0.2, 0.25) is 0 Å². The van der Waals surface area contributed by atoms with Gasteiger partial charge in [-0.25, -0.2) is 9.67 Å². The average Bonchev–Trinajstić information content (AvgIpc) is 3.51. The number of amides is 1. The molecule has 1 amide bonds. The van der Waals surface area contributed by atoms with Gasteiger partial charge >= 0.3 is 0 Å². The van der Waals surface area contributed by atoms with Crippen LogP contribution in [0.25, 0.3) is 22.0 Å². The van der Waals surface area contributed by atoms with Crippen molar-refractivity contribution in [2.24, 2.45) is 0 Å². The van der Waals surface area contributed by atoms with Crippen LogP contribution in [0.3, 0.4) is 0 Å². The molecule has 154 valence electrons. The topological polar surface area (TPSA) is 90.0 Å². The molecule has 5 aromatic rings. The molecule has 0 unspecified atom stereocenters. The second-order valence-corrected chi connectivity index (χ2v) is 8.06. The summed E-state index contributed by atoms with van der Waals surface area (Å²) in [6.45, 7) is 4.10. The number of hydrogen-bond donors (Lipinski definition) is 1. The fourth-order valence-corrected chi connectivity index (χ4v) is 4.20. The Balaban J connectivity index is 1.47. The van der Waals surface area contributed by atoms with Crippen molar-refractivity contribution in [3.63, 3.8) is 0 Å². The molecule has 0 saturated heterocycles. The third kappa shape index (κ3) is 3.59. The molecular formula is C22H19N7OS. The zero-order chi connectivity index (χ0) is 21.4. The van der Waals surface area contributed by atoms with Crippen LogP contribution in [0.4, 0.5) is 0 Å². The summed E-state index contributed by atoms with van der Waals surface area (Å²) >= 11 is 1.58. The molecule has 1 aromatic carbocycles. The van der Waals surface area contributed by atoms with Gasteiger partial charge in [0.1, 0.15) is 11.4 Å². The van der Waals surface area contributed by atoms with E-state index in [-0.39, 0.29) is 12.5 Å². The van der Waals surface area contributed by atoms with Crippen LogP contribution in [0.1, 0.15) is 27.7 Å². The minimum absolute atomic E-state index is 0.222. The van der Waals surface area contributed by atoms with E-state index in [0.29, 0.717) is 17.3 Å². The predicted molar refractivity (Wildman–Crippen MR) is 118 cm³/mol. The molecule has 31 heavy (non-hydrogen) atoms. The molecule has 5 rings (SSSR count). The van der Waals surface area contributed by atoms with Gasteiger partial charge in [-0.1, -0.05) is 24.3 Å². The van der Waals surface area contributed by atoms with Crippen molar-refractivity contribution < 1.29 is 4.79 Å². The van der Waals surface area contributed by atoms with Crippen molar-refractivity contribution in [3.05, 3.63) is 82.9 Å². The van der Waals surface area contributed by atoms with Gasteiger partial charge in [0.05, 0.1) is 17.1 Å². The lowest BCUT2D eigenvalue weighted by Gasteiger charge is -2.08. The van der Waals surface area contributed by atoms with Crippen LogP contribution in [0.15, 0.2) is 60.0 Å². The van der Waals surface area contributed by atoms with E-state index in [1.54, 1.807) is 16.0 Å². The van der Waals surface area contributed by atoms with Crippen LogP contribution in [0.5, 0.6) is 0 Å². The first-order chi connectivity index (χ1) is 15.1. The van der Waals surface area contributed by atoms with Crippen molar-refractivity contribution in [1.82, 2.24) is 34.7 Å². The summed E-state index contributed by atoms with van der Waals surface area (Å²) in [5.41, 5.74) is 3.87. The first-order valence-corrected chi connectivity index (χ1v) is 10.6. The molecule has 1 N–H and O–H groups in total. The summed E-state index contributed by atoms with van der Waals surface area (Å²) in [6.07, 6.45) is 0. The van der Waals surface area contributed by atoms with Crippen LogP contribution in [0, 0.1) is 13.8 Å². The van der Waals surface area contributed by atoms with Crippen molar-refractivity contribution in [3.8, 4) is 16.3 Å². The fraction of sp³-hybridized carbons (Fsp3) is 0.136. The number of aromatic nitrogens is 6. The van der Waals surface area contributed by atoms with Crippen LogP contribution in [0.2, 0.25) is 0 Å². The number of fused-ring (bicyclic) bond motifs is 1. The monoisotopic (exact) mass is 429 g/mol. The highest BCUT2D eigenvalue weighted by Gasteiger charge is 2.19. The Kier molecular flexibility index (Phi) is 4.79. The zero-order valence-electron chi connectivity index (χ0n) is 17.0. The van der Waals surface area contributed by atoms with Gasteiger partial charge in [-0.05, 0) is 49.6 Å². The largest absolute Gasteiger partial charge is 0.343 e. The SMILES string of the molecule is Cc1cc(C)n2c(CNC(=O)c3cc(-c4cccs4)nn3-c3ccccc3)nnc2n1. The number of hydrogen-bond acceptors (Lipinski definition) is 6. The summed E-state index contributed by atoms with van der Waals surface area (Å²) in [6, 6.07) is 17.3. The molecule has 4 aromatic heterocycles. The molecule has 0 aliphatic carbocycles. The van der Waals surface area contributed by atoms with Gasteiger partial charge in [-0.15, -0.1) is 21.5 Å². The Hall–Kier alpha value is -3.85. The van der Waals surface area contributed by atoms with Gasteiger partial charge in [0, 0.05) is 11.4 Å². The van der Waals surface area contributed by atoms with E-state index in [9.17, 15) is 4.79 Å². The third-order valence-electron chi connectivity index (χ3n) is 4.88. The van der Waals surface area contributed by atoms with Crippen LogP contribution < -0.4 is 5.32 Å². The molecule has 9 heteroatoms. The third-order valence-corrected chi connectivity index (χ3v) is 5.78. The van der Waals surface area contributed by atoms with Gasteiger partial charge in [0.15, 0.2) is 5.82 Å². The number of carbonyl (C=O) groups is 1. The van der Waals surface area contributed by atoms with Crippen LogP contribution in [-0.2, 0) is 6.54 Å². The van der Waals surface area contributed by atoms with E-state index in [2.05, 4.69) is 25.6 Å². The Morgan fingerprint density at radius 2 is 1.90 bits per heavy atom. The van der Waals surface area contributed by atoms with E-state index in [4.69, 9.17) is 0 Å². The number of rotatable bonds is 5. The Labute approximate surface area is 182 Å². The molecule has 0 aliphatic rings. The average molecular weight is 430 g/mol. The van der Waals surface area contributed by atoms with Gasteiger partial charge in [0.25, 0.3) is 11.7 Å². The maximum Gasteiger partial charge on any atom is 0.270 e. The van der Waals surface area contributed by atoms with E-state index in [1.807, 2.05) is 78.2 Å². The standard InChI is InChI=1S/C22H19N7OS/c1-14-11-15(2)28-20(25-26-22(28)24-14)13-23-21(30)18-12-17(19-9-6-10-31-19)27-29(18)16-7-4-3-5-8-16/h3-12H,13H2,1-2H3,(H,23,30). The molecule has 0 spiro atoms. The molecule has 0 bridgehead atoms. The molecule has 4 heterocycles. The minimum Gasteiger partial charge on any atom is -0.343 e. The number of nitrogens with one attached hydrogen (secondary N) is 1. The summed E-state index contributed by atoms with van der Waals surface area (Å²) in [4.78, 5) is 18.5. The quantitative estimate of drug-likeness (QED) is 0.461. The second-order valence-electron chi connectivity index (χ2n) is 7.11. The lowest BCUT2D eigenvalue weighted by molar-refractivity contribution is 0.0942. The highest BCUT2D eigenvalue weighted by molar-refractivity contribution is 7.13. The predicted octanol–water partition coefficient (Wildman–Crippen LogP) is 3.59. The number of aryl methyl sites for hydroxylation is 2. The van der Waals surface area contributed by atoms with E-state index in [0.717, 1.165) is 27.6 Å². The Bertz CT molecular complexity index is 1370. The van der Waals surface area contributed by atoms with Gasteiger partial charge in [-0.2, -0.15) is 5.10 Å². The fourth-order valence-electron chi connectivity index (χ4n) is 3.52. The number of benzene rings is 1. The van der Waals surface area contributed by atoms with Crippen LogP contribution in [-0.4, -0.2) is 35.3 Å². The normalized spacial score (nSPS) is 11.2. The minimum atomic E-state index is -0.242. The maximum absolute atomic E-state index is 13.2. The smallest absolute Gasteiger partial charge is 0.270 e. The van der Waals surface area contributed by atoms with Gasteiger partial charge < -0.3 is 5.32 Å². The first kappa shape index (κ1) is 19.1. The molecule has 8 nitrogen and oxygen atoms in total. The number of thiophene rings is 1. The van der Waals surface area contributed by atoms with Crippen molar-refractivity contribution >= 4 is 23.0 Å². The number of carbonyl (C=O) groups excluding carboxylic acids is 1. The lowest BCUT2D eigenvalue weighted by Crippen LogP contribution is -2.26. The van der Waals surface area contributed by atoms with E-state index >= 15 is 0 Å². The molecular weight excluding hydrogens is 410 g/mol. The van der Waals surface area contributed by atoms with Gasteiger partial charge in [-0.3, -0.25) is 9.20 Å². The van der Waals surface area contributed by atoms with Crippen molar-refractivity contribution in [2.75, 3.05) is 0 Å². The molecule has 0 atom stereocenters. The summed E-state index contributed by atoms with van der Waals surface area (Å²) < 4.78 is 3.52. The van der Waals surface area contributed by atoms with Crippen LogP contribution >= 0.6 is 11.3 Å². The second kappa shape index (κ2) is 7.77. The number of para-hydroxylation sites is 1. The Morgan fingerprint density at radius 3 is 2.68 bits per heavy atom. The molecule has 0 fully saturated rings. The summed E-state index contributed by atoms with van der Waals surface area (Å²) in [5, 5.41) is 18.0. The Morgan fingerprint density at radius 1 is 1.06 bits per heavy atom. The van der Waals surface area contributed by atoms with E-state index < -0.39 is 0 Å². The first-order valence-electron chi connectivity index (χ1n) is 9.76. The summed E-state index contributed by atoms with van der Waals surface area (Å²) in [7, 11) is 0. The highest BCUT2D eigenvalue weighted by Crippen LogP contribution is 2.25. The maximum atomic E-state index is 13.2.